The minimum absolute atomic E-state index is 0.0366. The number of nitrogens with one attached hydrogen (secondary N) is 2. The van der Waals surface area contributed by atoms with Crippen molar-refractivity contribution in [3.63, 3.8) is 0 Å². The van der Waals surface area contributed by atoms with E-state index in [0.29, 0.717) is 30.7 Å². The second-order valence-electron chi connectivity index (χ2n) is 10.8. The fourth-order valence-corrected chi connectivity index (χ4v) is 5.65. The number of hydrogen-bond acceptors (Lipinski definition) is 5. The third-order valence-corrected chi connectivity index (χ3v) is 8.19. The Balaban J connectivity index is 1.31. The van der Waals surface area contributed by atoms with Gasteiger partial charge in [-0.1, -0.05) is 25.1 Å². The number of hydrogen-bond donors (Lipinski definition) is 2. The monoisotopic (exact) mass is 505 g/mol. The number of benzene rings is 2. The first-order valence-electron chi connectivity index (χ1n) is 13.7. The van der Waals surface area contributed by atoms with Gasteiger partial charge in [-0.3, -0.25) is 10.1 Å². The van der Waals surface area contributed by atoms with Crippen molar-refractivity contribution in [2.24, 2.45) is 5.92 Å². The van der Waals surface area contributed by atoms with Crippen molar-refractivity contribution >= 4 is 23.4 Å². The minimum atomic E-state index is -0.391. The van der Waals surface area contributed by atoms with Gasteiger partial charge in [-0.05, 0) is 86.8 Å². The molecular formula is C30H39N3O4. The van der Waals surface area contributed by atoms with Crippen LogP contribution in [-0.4, -0.2) is 44.4 Å². The van der Waals surface area contributed by atoms with Gasteiger partial charge in [-0.2, -0.15) is 0 Å². The molecule has 2 aliphatic carbocycles. The highest BCUT2D eigenvalue weighted by Gasteiger charge is 2.42. The number of rotatable bonds is 10. The molecule has 7 heteroatoms. The maximum Gasteiger partial charge on any atom is 0.411 e. The van der Waals surface area contributed by atoms with E-state index in [1.807, 2.05) is 25.1 Å². The SMILES string of the molecule is COCCCNC(=O)c1ccc2c(c1)N(C1CCC1)C(c1ccc(NC(=O)O[C@H](C)C3CC3)cc1)C2C. The molecular weight excluding hydrogens is 466 g/mol. The van der Waals surface area contributed by atoms with Gasteiger partial charge in [0.1, 0.15) is 6.10 Å². The number of nitrogens with zero attached hydrogens (tertiary/aromatic N) is 1. The van der Waals surface area contributed by atoms with Crippen LogP contribution in [0.4, 0.5) is 16.2 Å². The second-order valence-corrected chi connectivity index (χ2v) is 10.8. The molecule has 1 heterocycles. The second kappa shape index (κ2) is 11.1. The van der Waals surface area contributed by atoms with Crippen molar-refractivity contribution in [3.8, 4) is 0 Å². The van der Waals surface area contributed by atoms with Crippen LogP contribution in [-0.2, 0) is 9.47 Å². The zero-order valence-electron chi connectivity index (χ0n) is 22.2. The molecule has 198 valence electrons. The fraction of sp³-hybridized carbons (Fsp3) is 0.533. The van der Waals surface area contributed by atoms with Crippen molar-refractivity contribution in [1.29, 1.82) is 0 Å². The van der Waals surface area contributed by atoms with Crippen LogP contribution in [0.5, 0.6) is 0 Å². The first-order chi connectivity index (χ1) is 18.0. The highest BCUT2D eigenvalue weighted by molar-refractivity contribution is 5.95. The summed E-state index contributed by atoms with van der Waals surface area (Å²) < 4.78 is 10.6. The van der Waals surface area contributed by atoms with Crippen LogP contribution in [0.1, 0.15) is 85.8 Å². The molecule has 2 fully saturated rings. The smallest absolute Gasteiger partial charge is 0.411 e. The quantitative estimate of drug-likeness (QED) is 0.386. The summed E-state index contributed by atoms with van der Waals surface area (Å²) in [7, 11) is 1.67. The summed E-state index contributed by atoms with van der Waals surface area (Å²) in [6.45, 7) is 5.47. The van der Waals surface area contributed by atoms with E-state index < -0.39 is 6.09 Å². The largest absolute Gasteiger partial charge is 0.446 e. The molecule has 0 saturated heterocycles. The summed E-state index contributed by atoms with van der Waals surface area (Å²) in [5.74, 6) is 0.762. The van der Waals surface area contributed by atoms with E-state index in [-0.39, 0.29) is 24.0 Å². The number of methoxy groups -OCH3 is 1. The molecule has 0 bridgehead atoms. The Morgan fingerprint density at radius 2 is 1.84 bits per heavy atom. The molecule has 7 nitrogen and oxygen atoms in total. The van der Waals surface area contributed by atoms with Gasteiger partial charge in [-0.25, -0.2) is 4.79 Å². The Morgan fingerprint density at radius 3 is 2.49 bits per heavy atom. The van der Waals surface area contributed by atoms with Gasteiger partial charge in [0.05, 0.1) is 6.04 Å². The number of anilines is 2. The molecule has 2 aromatic rings. The molecule has 3 aliphatic rings. The lowest BCUT2D eigenvalue weighted by atomic mass is 9.87. The van der Waals surface area contributed by atoms with Crippen LogP contribution in [0, 0.1) is 5.92 Å². The maximum absolute atomic E-state index is 12.8. The summed E-state index contributed by atoms with van der Waals surface area (Å²) >= 11 is 0. The summed E-state index contributed by atoms with van der Waals surface area (Å²) in [5.41, 5.74) is 5.11. The van der Waals surface area contributed by atoms with Gasteiger partial charge in [-0.15, -0.1) is 0 Å². The number of carbonyl (C=O) groups excluding carboxylic acids is 2. The zero-order chi connectivity index (χ0) is 25.9. The van der Waals surface area contributed by atoms with Crippen LogP contribution in [0.2, 0.25) is 0 Å². The normalized spacial score (nSPS) is 21.6. The van der Waals surface area contributed by atoms with Gasteiger partial charge in [0.2, 0.25) is 0 Å². The van der Waals surface area contributed by atoms with Gasteiger partial charge in [0.25, 0.3) is 5.91 Å². The van der Waals surface area contributed by atoms with E-state index in [1.54, 1.807) is 7.11 Å². The first kappa shape index (κ1) is 25.6. The Kier molecular flexibility index (Phi) is 7.70. The van der Waals surface area contributed by atoms with Crippen LogP contribution in [0.15, 0.2) is 42.5 Å². The highest BCUT2D eigenvalue weighted by Crippen LogP contribution is 2.52. The van der Waals surface area contributed by atoms with Crippen molar-refractivity contribution in [2.75, 3.05) is 30.5 Å². The summed E-state index contributed by atoms with van der Waals surface area (Å²) in [6, 6.07) is 15.0. The Morgan fingerprint density at radius 1 is 1.08 bits per heavy atom. The van der Waals surface area contributed by atoms with E-state index >= 15 is 0 Å². The fourth-order valence-electron chi connectivity index (χ4n) is 5.65. The predicted molar refractivity (Wildman–Crippen MR) is 145 cm³/mol. The minimum Gasteiger partial charge on any atom is -0.446 e. The number of fused-ring (bicyclic) bond motifs is 1. The number of carbonyl (C=O) groups is 2. The molecule has 2 unspecified atom stereocenters. The third kappa shape index (κ3) is 5.61. The predicted octanol–water partition coefficient (Wildman–Crippen LogP) is 6.02. The lowest BCUT2D eigenvalue weighted by Crippen LogP contribution is -2.41. The molecule has 5 rings (SSSR count). The van der Waals surface area contributed by atoms with Crippen LogP contribution in [0.3, 0.4) is 0 Å². The molecule has 2 amide bonds. The van der Waals surface area contributed by atoms with Gasteiger partial charge in [0, 0.05) is 49.2 Å². The van der Waals surface area contributed by atoms with E-state index in [1.165, 1.54) is 36.1 Å². The maximum atomic E-state index is 12.8. The van der Waals surface area contributed by atoms with Crippen LogP contribution in [0.25, 0.3) is 0 Å². The Bertz CT molecular complexity index is 1110. The number of ether oxygens (including phenoxy) is 2. The van der Waals surface area contributed by atoms with Crippen LogP contribution >= 0.6 is 0 Å². The molecule has 0 spiro atoms. The standard InChI is InChI=1S/C30H39N3O4/c1-19-26-15-12-23(29(34)31-16-5-17-36-3)18-27(26)33(25-6-4-7-25)28(19)22-10-13-24(14-11-22)32-30(35)37-20(2)21-8-9-21/h10-15,18-21,25,28H,4-9,16-17H2,1-3H3,(H,31,34)(H,32,35)/t19?,20-,28?/m1/s1. The lowest BCUT2D eigenvalue weighted by molar-refractivity contribution is 0.0948. The molecule has 0 aromatic heterocycles. The first-order valence-corrected chi connectivity index (χ1v) is 13.7. The average molecular weight is 506 g/mol. The van der Waals surface area contributed by atoms with E-state index in [4.69, 9.17) is 9.47 Å². The Labute approximate surface area is 219 Å². The molecule has 2 saturated carbocycles. The summed E-state index contributed by atoms with van der Waals surface area (Å²) in [6.07, 6.45) is 6.22. The average Bonchev–Trinajstić information content (AvgIpc) is 3.67. The van der Waals surface area contributed by atoms with Crippen molar-refractivity contribution in [3.05, 3.63) is 59.2 Å². The molecule has 37 heavy (non-hydrogen) atoms. The highest BCUT2D eigenvalue weighted by atomic mass is 16.6. The topological polar surface area (TPSA) is 79.9 Å². The van der Waals surface area contributed by atoms with E-state index in [9.17, 15) is 9.59 Å². The summed E-state index contributed by atoms with van der Waals surface area (Å²) in [5, 5.41) is 5.89. The van der Waals surface area contributed by atoms with Gasteiger partial charge < -0.3 is 19.7 Å². The van der Waals surface area contributed by atoms with Gasteiger partial charge >= 0.3 is 6.09 Å². The van der Waals surface area contributed by atoms with Crippen molar-refractivity contribution in [2.45, 2.75) is 76.5 Å². The lowest BCUT2D eigenvalue weighted by Gasteiger charge is -2.42. The molecule has 2 aromatic carbocycles. The van der Waals surface area contributed by atoms with Crippen molar-refractivity contribution < 1.29 is 19.1 Å². The van der Waals surface area contributed by atoms with Crippen LogP contribution < -0.4 is 15.5 Å². The molecule has 3 atom stereocenters. The summed E-state index contributed by atoms with van der Waals surface area (Å²) in [4.78, 5) is 27.6. The van der Waals surface area contributed by atoms with E-state index in [0.717, 1.165) is 24.9 Å². The van der Waals surface area contributed by atoms with Crippen molar-refractivity contribution in [1.82, 2.24) is 5.32 Å². The molecule has 2 N–H and O–H groups in total. The third-order valence-electron chi connectivity index (χ3n) is 8.19. The number of amides is 2. The molecule has 1 aliphatic heterocycles. The zero-order valence-corrected chi connectivity index (χ0v) is 22.2. The van der Waals surface area contributed by atoms with E-state index in [2.05, 4.69) is 46.7 Å². The molecule has 0 radical (unpaired) electrons. The van der Waals surface area contributed by atoms with Gasteiger partial charge in [0.15, 0.2) is 0 Å². The Hall–Kier alpha value is -3.06.